The number of rotatable bonds is 7. The van der Waals surface area contributed by atoms with E-state index in [9.17, 15) is 10.1 Å². The number of morpholine rings is 1. The van der Waals surface area contributed by atoms with Gasteiger partial charge in [-0.2, -0.15) is 5.26 Å². The fourth-order valence-electron chi connectivity index (χ4n) is 3.79. The summed E-state index contributed by atoms with van der Waals surface area (Å²) < 4.78 is 10.6. The summed E-state index contributed by atoms with van der Waals surface area (Å²) in [5.41, 5.74) is 5.14. The maximum atomic E-state index is 12.0. The molecule has 3 heterocycles. The number of carbonyl (C=O) groups is 1. The molecule has 1 fully saturated rings. The number of ether oxygens (including phenoxy) is 2. The summed E-state index contributed by atoms with van der Waals surface area (Å²) in [6, 6.07) is 8.29. The van der Waals surface area contributed by atoms with Crippen LogP contribution in [0.3, 0.4) is 0 Å². The molecule has 0 bridgehead atoms. The Bertz CT molecular complexity index is 1190. The summed E-state index contributed by atoms with van der Waals surface area (Å²) in [6.07, 6.45) is 10.3. The van der Waals surface area contributed by atoms with E-state index in [0.29, 0.717) is 44.9 Å². The van der Waals surface area contributed by atoms with E-state index in [2.05, 4.69) is 28.3 Å². The molecule has 0 spiro atoms. The van der Waals surface area contributed by atoms with Crippen LogP contribution in [0.15, 0.2) is 42.9 Å². The summed E-state index contributed by atoms with van der Waals surface area (Å²) in [4.78, 5) is 21.1. The predicted octanol–water partition coefficient (Wildman–Crippen LogP) is 4.75. The molecule has 4 rings (SSSR count). The van der Waals surface area contributed by atoms with Gasteiger partial charge in [0.05, 0.1) is 31.1 Å². The van der Waals surface area contributed by atoms with E-state index in [0.717, 1.165) is 39.8 Å². The van der Waals surface area contributed by atoms with Gasteiger partial charge in [-0.3, -0.25) is 4.98 Å². The number of hydrogen-bond acceptors (Lipinski definition) is 6. The van der Waals surface area contributed by atoms with Crippen LogP contribution in [0.4, 0.5) is 16.2 Å². The van der Waals surface area contributed by atoms with Crippen molar-refractivity contribution in [2.45, 2.75) is 19.8 Å². The van der Waals surface area contributed by atoms with Gasteiger partial charge in [0.25, 0.3) is 0 Å². The van der Waals surface area contributed by atoms with E-state index in [4.69, 9.17) is 9.47 Å². The standard InChI is InChI=1S/C25H27N5O3/c1-18-21-8-9-28-23(21)7-6-22(18)29-24-19(16-27-17-20(24)15-26)5-3-2-4-12-33-25(31)30-10-13-32-14-11-30/h3,5-9,16-17,28H,2,4,10-14H2,1H3,(H,27,29)/b5-3+. The number of anilines is 2. The van der Waals surface area contributed by atoms with Gasteiger partial charge in [0, 0.05) is 53.8 Å². The van der Waals surface area contributed by atoms with Gasteiger partial charge in [0.15, 0.2) is 0 Å². The van der Waals surface area contributed by atoms with Crippen LogP contribution in [0.25, 0.3) is 17.0 Å². The molecule has 0 saturated carbocycles. The zero-order chi connectivity index (χ0) is 23.0. The molecule has 8 nitrogen and oxygen atoms in total. The molecule has 1 aliphatic heterocycles. The molecule has 8 heteroatoms. The van der Waals surface area contributed by atoms with Gasteiger partial charge in [-0.15, -0.1) is 0 Å². The number of amides is 1. The van der Waals surface area contributed by atoms with Gasteiger partial charge < -0.3 is 24.7 Å². The van der Waals surface area contributed by atoms with Crippen LogP contribution in [0.2, 0.25) is 0 Å². The van der Waals surface area contributed by atoms with E-state index in [1.165, 1.54) is 0 Å². The van der Waals surface area contributed by atoms with Crippen LogP contribution in [-0.2, 0) is 9.47 Å². The average Bonchev–Trinajstić information content (AvgIpc) is 3.34. The number of fused-ring (bicyclic) bond motifs is 1. The molecule has 3 aromatic rings. The number of H-pyrrole nitrogens is 1. The predicted molar refractivity (Wildman–Crippen MR) is 127 cm³/mol. The van der Waals surface area contributed by atoms with E-state index in [-0.39, 0.29) is 6.09 Å². The quantitative estimate of drug-likeness (QED) is 0.509. The molecule has 1 saturated heterocycles. The number of aryl methyl sites for hydroxylation is 1. The zero-order valence-electron chi connectivity index (χ0n) is 18.6. The average molecular weight is 446 g/mol. The Morgan fingerprint density at radius 1 is 1.33 bits per heavy atom. The third-order valence-electron chi connectivity index (χ3n) is 5.67. The molecule has 1 amide bonds. The van der Waals surface area contributed by atoms with Crippen molar-refractivity contribution >= 4 is 34.4 Å². The van der Waals surface area contributed by atoms with Crippen LogP contribution in [-0.4, -0.2) is 53.9 Å². The first-order chi connectivity index (χ1) is 16.2. The third-order valence-corrected chi connectivity index (χ3v) is 5.67. The van der Waals surface area contributed by atoms with Crippen molar-refractivity contribution in [3.05, 3.63) is 59.6 Å². The number of nitrogens with zero attached hydrogens (tertiary/aromatic N) is 3. The highest BCUT2D eigenvalue weighted by molar-refractivity contribution is 5.89. The van der Waals surface area contributed by atoms with E-state index in [1.54, 1.807) is 17.3 Å². The van der Waals surface area contributed by atoms with Crippen LogP contribution < -0.4 is 5.32 Å². The summed E-state index contributed by atoms with van der Waals surface area (Å²) >= 11 is 0. The highest BCUT2D eigenvalue weighted by Crippen LogP contribution is 2.30. The molecular formula is C25H27N5O3. The van der Waals surface area contributed by atoms with Crippen LogP contribution in [0.1, 0.15) is 29.5 Å². The Kier molecular flexibility index (Phi) is 7.22. The number of aromatic nitrogens is 2. The lowest BCUT2D eigenvalue weighted by atomic mass is 10.1. The normalized spacial score (nSPS) is 13.9. The highest BCUT2D eigenvalue weighted by atomic mass is 16.6. The Morgan fingerprint density at radius 2 is 2.18 bits per heavy atom. The molecule has 33 heavy (non-hydrogen) atoms. The molecule has 2 N–H and O–H groups in total. The van der Waals surface area contributed by atoms with Crippen LogP contribution in [0.5, 0.6) is 0 Å². The lowest BCUT2D eigenvalue weighted by Gasteiger charge is -2.25. The minimum absolute atomic E-state index is 0.283. The zero-order valence-corrected chi connectivity index (χ0v) is 18.6. The van der Waals surface area contributed by atoms with Gasteiger partial charge in [0.2, 0.25) is 0 Å². The molecule has 0 radical (unpaired) electrons. The SMILES string of the molecule is Cc1c(Nc2c(C#N)cncc2/C=C/CCCOC(=O)N2CCOCC2)ccc2[nH]ccc12. The topological polar surface area (TPSA) is 103 Å². The molecule has 0 atom stereocenters. The van der Waals surface area contributed by atoms with E-state index >= 15 is 0 Å². The summed E-state index contributed by atoms with van der Waals surface area (Å²) in [5.74, 6) is 0. The minimum Gasteiger partial charge on any atom is -0.449 e. The van der Waals surface area contributed by atoms with Crippen molar-refractivity contribution in [3.63, 3.8) is 0 Å². The first-order valence-electron chi connectivity index (χ1n) is 11.0. The molecule has 2 aromatic heterocycles. The Labute approximate surface area is 192 Å². The lowest BCUT2D eigenvalue weighted by Crippen LogP contribution is -2.41. The third kappa shape index (κ3) is 5.33. The van der Waals surface area contributed by atoms with Gasteiger partial charge in [-0.1, -0.05) is 12.2 Å². The highest BCUT2D eigenvalue weighted by Gasteiger charge is 2.17. The second kappa shape index (κ2) is 10.7. The molecule has 1 aliphatic rings. The maximum Gasteiger partial charge on any atom is 0.409 e. The number of benzene rings is 1. The van der Waals surface area contributed by atoms with E-state index in [1.807, 2.05) is 36.5 Å². The first-order valence-corrected chi connectivity index (χ1v) is 11.0. The largest absolute Gasteiger partial charge is 0.449 e. The van der Waals surface area contributed by atoms with Gasteiger partial charge in [0.1, 0.15) is 6.07 Å². The van der Waals surface area contributed by atoms with Crippen molar-refractivity contribution in [2.75, 3.05) is 38.2 Å². The summed E-state index contributed by atoms with van der Waals surface area (Å²) in [5, 5.41) is 14.2. The fourth-order valence-corrected chi connectivity index (χ4v) is 3.79. The number of pyridine rings is 1. The molecule has 1 aromatic carbocycles. The number of unbranched alkanes of at least 4 members (excludes halogenated alkanes) is 1. The number of carbonyl (C=O) groups excluding carboxylic acids is 1. The lowest BCUT2D eigenvalue weighted by molar-refractivity contribution is 0.0270. The Morgan fingerprint density at radius 3 is 3.00 bits per heavy atom. The van der Waals surface area contributed by atoms with Crippen LogP contribution >= 0.6 is 0 Å². The number of allylic oxidation sites excluding steroid dienone is 1. The second-order valence-electron chi connectivity index (χ2n) is 7.82. The Hall–Kier alpha value is -3.83. The van der Waals surface area contributed by atoms with Gasteiger partial charge in [-0.05, 0) is 43.5 Å². The Balaban J connectivity index is 1.38. The van der Waals surface area contributed by atoms with Crippen molar-refractivity contribution in [3.8, 4) is 6.07 Å². The number of hydrogen-bond donors (Lipinski definition) is 2. The summed E-state index contributed by atoms with van der Waals surface area (Å²) in [7, 11) is 0. The number of aromatic amines is 1. The summed E-state index contributed by atoms with van der Waals surface area (Å²) in [6.45, 7) is 4.68. The molecule has 0 aliphatic carbocycles. The smallest absolute Gasteiger partial charge is 0.409 e. The van der Waals surface area contributed by atoms with Gasteiger partial charge in [-0.25, -0.2) is 4.79 Å². The van der Waals surface area contributed by atoms with E-state index < -0.39 is 0 Å². The molecular weight excluding hydrogens is 418 g/mol. The van der Waals surface area contributed by atoms with Crippen molar-refractivity contribution in [1.82, 2.24) is 14.9 Å². The monoisotopic (exact) mass is 445 g/mol. The fraction of sp³-hybridized carbons (Fsp3) is 0.320. The van der Waals surface area contributed by atoms with Crippen LogP contribution in [0, 0.1) is 18.3 Å². The van der Waals surface area contributed by atoms with Gasteiger partial charge >= 0.3 is 6.09 Å². The van der Waals surface area contributed by atoms with Crippen molar-refractivity contribution < 1.29 is 14.3 Å². The number of nitrogens with one attached hydrogen (secondary N) is 2. The molecule has 170 valence electrons. The minimum atomic E-state index is -0.283. The van der Waals surface area contributed by atoms with Crippen molar-refractivity contribution in [2.24, 2.45) is 0 Å². The first kappa shape index (κ1) is 22.4. The van der Waals surface area contributed by atoms with Crippen molar-refractivity contribution in [1.29, 1.82) is 5.26 Å². The number of nitriles is 1. The molecule has 0 unspecified atom stereocenters. The second-order valence-corrected chi connectivity index (χ2v) is 7.82. The maximum absolute atomic E-state index is 12.0.